The van der Waals surface area contributed by atoms with Crippen LogP contribution in [0.2, 0.25) is 0 Å². The number of nitriles is 1. The first kappa shape index (κ1) is 19.0. The molecular weight excluding hydrogens is 332 g/mol. The molecule has 1 N–H and O–H groups in total. The zero-order chi connectivity index (χ0) is 18.8. The number of esters is 1. The number of hydrogen-bond donors (Lipinski definition) is 1. The van der Waals surface area contributed by atoms with E-state index in [1.807, 2.05) is 36.4 Å². The van der Waals surface area contributed by atoms with Gasteiger partial charge in [0.25, 0.3) is 5.91 Å². The van der Waals surface area contributed by atoms with Crippen molar-refractivity contribution >= 4 is 17.6 Å². The molecule has 0 saturated heterocycles. The number of benzene rings is 2. The molecule has 0 unspecified atom stereocenters. The fourth-order valence-electron chi connectivity index (χ4n) is 2.10. The van der Waals surface area contributed by atoms with Crippen LogP contribution in [0.1, 0.15) is 25.3 Å². The van der Waals surface area contributed by atoms with E-state index in [2.05, 4.69) is 5.32 Å². The molecule has 0 spiro atoms. The second kappa shape index (κ2) is 9.84. The molecule has 0 aliphatic rings. The van der Waals surface area contributed by atoms with Crippen molar-refractivity contribution in [3.8, 4) is 11.8 Å². The molecule has 1 atom stereocenters. The fourth-order valence-corrected chi connectivity index (χ4v) is 2.10. The van der Waals surface area contributed by atoms with Crippen molar-refractivity contribution in [3.63, 3.8) is 0 Å². The number of anilines is 1. The summed E-state index contributed by atoms with van der Waals surface area (Å²) in [4.78, 5) is 23.9. The van der Waals surface area contributed by atoms with Crippen LogP contribution in [0.25, 0.3) is 0 Å². The molecule has 0 fully saturated rings. The first-order valence-electron chi connectivity index (χ1n) is 8.27. The highest BCUT2D eigenvalue weighted by Gasteiger charge is 2.17. The Morgan fingerprint density at radius 2 is 1.81 bits per heavy atom. The average Bonchev–Trinajstić information content (AvgIpc) is 2.66. The van der Waals surface area contributed by atoms with E-state index in [1.165, 1.54) is 6.92 Å². The number of nitrogens with zero attached hydrogens (tertiary/aromatic N) is 1. The van der Waals surface area contributed by atoms with Crippen LogP contribution in [-0.2, 0) is 14.3 Å². The highest BCUT2D eigenvalue weighted by atomic mass is 16.5. The van der Waals surface area contributed by atoms with Crippen LogP contribution in [0.5, 0.6) is 5.75 Å². The Morgan fingerprint density at radius 1 is 1.12 bits per heavy atom. The number of carbonyl (C=O) groups is 2. The minimum absolute atomic E-state index is 0.168. The quantitative estimate of drug-likeness (QED) is 0.582. The number of nitrogens with one attached hydrogen (secondary N) is 1. The Hall–Kier alpha value is -3.33. The normalized spacial score (nSPS) is 11.1. The summed E-state index contributed by atoms with van der Waals surface area (Å²) in [6.07, 6.45) is -0.243. The number of para-hydroxylation sites is 1. The topological polar surface area (TPSA) is 88.4 Å². The predicted molar refractivity (Wildman–Crippen MR) is 96.5 cm³/mol. The Morgan fingerprint density at radius 3 is 2.46 bits per heavy atom. The number of amides is 1. The van der Waals surface area contributed by atoms with Gasteiger partial charge in [0.2, 0.25) is 0 Å². The molecule has 2 rings (SSSR count). The van der Waals surface area contributed by atoms with Crippen LogP contribution in [0, 0.1) is 11.3 Å². The van der Waals surface area contributed by atoms with Gasteiger partial charge in [0.15, 0.2) is 6.10 Å². The van der Waals surface area contributed by atoms with Crippen molar-refractivity contribution in [2.45, 2.75) is 25.9 Å². The Labute approximate surface area is 152 Å². The third kappa shape index (κ3) is 6.29. The van der Waals surface area contributed by atoms with E-state index >= 15 is 0 Å². The lowest BCUT2D eigenvalue weighted by Gasteiger charge is -2.13. The molecule has 0 heterocycles. The summed E-state index contributed by atoms with van der Waals surface area (Å²) in [5, 5.41) is 11.4. The maximum atomic E-state index is 12.0. The molecule has 0 radical (unpaired) electrons. The van der Waals surface area contributed by atoms with Gasteiger partial charge in [0.1, 0.15) is 5.75 Å². The fraction of sp³-hybridized carbons (Fsp3) is 0.250. The van der Waals surface area contributed by atoms with Gasteiger partial charge in [0.05, 0.1) is 18.2 Å². The van der Waals surface area contributed by atoms with Gasteiger partial charge in [-0.05, 0) is 49.7 Å². The van der Waals surface area contributed by atoms with Gasteiger partial charge >= 0.3 is 5.97 Å². The summed E-state index contributed by atoms with van der Waals surface area (Å²) in [5.74, 6) is -0.135. The number of hydrogen-bond acceptors (Lipinski definition) is 5. The van der Waals surface area contributed by atoms with Crippen LogP contribution in [0.4, 0.5) is 5.69 Å². The molecule has 6 heteroatoms. The van der Waals surface area contributed by atoms with Gasteiger partial charge in [-0.25, -0.2) is 0 Å². The molecular formula is C20H20N2O4. The lowest BCUT2D eigenvalue weighted by Crippen LogP contribution is -2.30. The van der Waals surface area contributed by atoms with Crippen molar-refractivity contribution in [1.29, 1.82) is 5.26 Å². The minimum Gasteiger partial charge on any atom is -0.494 e. The SMILES string of the molecule is C[C@H](OC(=O)CCCOc1ccccc1)C(=O)Nc1ccc(C#N)cc1. The first-order chi connectivity index (χ1) is 12.6. The van der Waals surface area contributed by atoms with E-state index in [4.69, 9.17) is 14.7 Å². The summed E-state index contributed by atoms with van der Waals surface area (Å²) in [6.45, 7) is 1.91. The van der Waals surface area contributed by atoms with Crippen LogP contribution >= 0.6 is 0 Å². The largest absolute Gasteiger partial charge is 0.494 e. The van der Waals surface area contributed by atoms with Crippen LogP contribution in [0.15, 0.2) is 54.6 Å². The van der Waals surface area contributed by atoms with Gasteiger partial charge < -0.3 is 14.8 Å². The van der Waals surface area contributed by atoms with E-state index in [0.717, 1.165) is 5.75 Å². The van der Waals surface area contributed by atoms with Gasteiger partial charge in [0, 0.05) is 12.1 Å². The summed E-state index contributed by atoms with van der Waals surface area (Å²) >= 11 is 0. The highest BCUT2D eigenvalue weighted by Crippen LogP contribution is 2.11. The van der Waals surface area contributed by atoms with E-state index in [1.54, 1.807) is 24.3 Å². The van der Waals surface area contributed by atoms with Crippen LogP contribution in [0.3, 0.4) is 0 Å². The molecule has 0 saturated carbocycles. The number of carbonyl (C=O) groups excluding carboxylic acids is 2. The first-order valence-corrected chi connectivity index (χ1v) is 8.27. The van der Waals surface area contributed by atoms with E-state index in [0.29, 0.717) is 24.3 Å². The third-order valence-corrected chi connectivity index (χ3v) is 3.50. The molecule has 26 heavy (non-hydrogen) atoms. The summed E-state index contributed by atoms with van der Waals surface area (Å²) in [5.41, 5.74) is 1.04. The number of rotatable bonds is 8. The Kier molecular flexibility index (Phi) is 7.19. The van der Waals surface area contributed by atoms with Crippen LogP contribution in [-0.4, -0.2) is 24.6 Å². The molecule has 0 aliphatic heterocycles. The molecule has 134 valence electrons. The predicted octanol–water partition coefficient (Wildman–Crippen LogP) is 3.29. The lowest BCUT2D eigenvalue weighted by atomic mass is 10.2. The van der Waals surface area contributed by atoms with Gasteiger partial charge in [-0.3, -0.25) is 9.59 Å². The molecule has 2 aromatic carbocycles. The van der Waals surface area contributed by atoms with Crippen LogP contribution < -0.4 is 10.1 Å². The van der Waals surface area contributed by atoms with E-state index in [-0.39, 0.29) is 6.42 Å². The standard InChI is InChI=1S/C20H20N2O4/c1-15(20(24)22-17-11-9-16(14-21)10-12-17)26-19(23)8-5-13-25-18-6-3-2-4-7-18/h2-4,6-7,9-12,15H,5,8,13H2,1H3,(H,22,24)/t15-/m0/s1. The van der Waals surface area contributed by atoms with Gasteiger partial charge in [-0.15, -0.1) is 0 Å². The molecule has 1 amide bonds. The van der Waals surface area contributed by atoms with Crippen molar-refractivity contribution in [1.82, 2.24) is 0 Å². The monoisotopic (exact) mass is 352 g/mol. The van der Waals surface area contributed by atoms with Crippen molar-refractivity contribution < 1.29 is 19.1 Å². The summed E-state index contributed by atoms with van der Waals surface area (Å²) < 4.78 is 10.6. The maximum Gasteiger partial charge on any atom is 0.306 e. The molecule has 0 bridgehead atoms. The molecule has 0 aliphatic carbocycles. The minimum atomic E-state index is -0.909. The third-order valence-electron chi connectivity index (χ3n) is 3.50. The highest BCUT2D eigenvalue weighted by molar-refractivity contribution is 5.95. The van der Waals surface area contributed by atoms with Crippen molar-refractivity contribution in [2.24, 2.45) is 0 Å². The van der Waals surface area contributed by atoms with Gasteiger partial charge in [-0.1, -0.05) is 18.2 Å². The molecule has 2 aromatic rings. The Balaban J connectivity index is 1.68. The molecule has 0 aromatic heterocycles. The van der Waals surface area contributed by atoms with Crippen molar-refractivity contribution in [2.75, 3.05) is 11.9 Å². The number of ether oxygens (including phenoxy) is 2. The lowest BCUT2D eigenvalue weighted by molar-refractivity contribution is -0.153. The van der Waals surface area contributed by atoms with E-state index in [9.17, 15) is 9.59 Å². The second-order valence-corrected chi connectivity index (χ2v) is 5.58. The van der Waals surface area contributed by atoms with Crippen molar-refractivity contribution in [3.05, 3.63) is 60.2 Å². The molecule has 6 nitrogen and oxygen atoms in total. The zero-order valence-corrected chi connectivity index (χ0v) is 14.5. The Bertz CT molecular complexity index is 767. The zero-order valence-electron chi connectivity index (χ0n) is 14.5. The second-order valence-electron chi connectivity index (χ2n) is 5.58. The average molecular weight is 352 g/mol. The summed E-state index contributed by atoms with van der Waals surface area (Å²) in [6, 6.07) is 17.8. The van der Waals surface area contributed by atoms with E-state index < -0.39 is 18.0 Å². The van der Waals surface area contributed by atoms with Gasteiger partial charge in [-0.2, -0.15) is 5.26 Å². The summed E-state index contributed by atoms with van der Waals surface area (Å²) in [7, 11) is 0. The smallest absolute Gasteiger partial charge is 0.306 e. The maximum absolute atomic E-state index is 12.0.